The third kappa shape index (κ3) is 3.20. The Morgan fingerprint density at radius 1 is 1.53 bits per heavy atom. The van der Waals surface area contributed by atoms with E-state index in [9.17, 15) is 0 Å². The van der Waals surface area contributed by atoms with E-state index in [1.54, 1.807) is 11.3 Å². The fourth-order valence-corrected chi connectivity index (χ4v) is 3.65. The van der Waals surface area contributed by atoms with Crippen LogP contribution in [0.5, 0.6) is 0 Å². The SMILES string of the molecule is CC1CN(C(CN)c2cc(Cl)cs2)CC(C)O1. The number of morpholine rings is 1. The van der Waals surface area contributed by atoms with Gasteiger partial charge in [-0.2, -0.15) is 0 Å². The first-order valence-corrected chi connectivity index (χ1v) is 7.19. The molecule has 1 aromatic rings. The van der Waals surface area contributed by atoms with Crippen LogP contribution in [0.3, 0.4) is 0 Å². The number of rotatable bonds is 3. The minimum absolute atomic E-state index is 0.265. The average Bonchev–Trinajstić information content (AvgIpc) is 2.64. The summed E-state index contributed by atoms with van der Waals surface area (Å²) >= 11 is 7.67. The highest BCUT2D eigenvalue weighted by atomic mass is 35.5. The van der Waals surface area contributed by atoms with E-state index in [1.165, 1.54) is 4.88 Å². The molecule has 0 bridgehead atoms. The second-order valence-electron chi connectivity index (χ2n) is 4.63. The molecule has 0 spiro atoms. The van der Waals surface area contributed by atoms with Crippen LogP contribution in [0.15, 0.2) is 11.4 Å². The van der Waals surface area contributed by atoms with Crippen LogP contribution < -0.4 is 5.73 Å². The van der Waals surface area contributed by atoms with Crippen LogP contribution in [0, 0.1) is 0 Å². The lowest BCUT2D eigenvalue weighted by atomic mass is 10.1. The minimum Gasteiger partial charge on any atom is -0.373 e. The summed E-state index contributed by atoms with van der Waals surface area (Å²) in [5.74, 6) is 0. The molecular weight excluding hydrogens is 256 g/mol. The second-order valence-corrected chi connectivity index (χ2v) is 6.01. The number of thiophene rings is 1. The Labute approximate surface area is 112 Å². The molecule has 0 aliphatic carbocycles. The van der Waals surface area contributed by atoms with Crippen molar-refractivity contribution in [2.75, 3.05) is 19.6 Å². The highest BCUT2D eigenvalue weighted by molar-refractivity contribution is 7.10. The van der Waals surface area contributed by atoms with E-state index >= 15 is 0 Å². The van der Waals surface area contributed by atoms with Crippen molar-refractivity contribution in [3.8, 4) is 0 Å². The molecule has 0 radical (unpaired) electrons. The van der Waals surface area contributed by atoms with Crippen LogP contribution in [-0.2, 0) is 4.74 Å². The number of halogens is 1. The van der Waals surface area contributed by atoms with Crippen LogP contribution in [0.1, 0.15) is 24.8 Å². The molecule has 96 valence electrons. The molecule has 2 rings (SSSR count). The fraction of sp³-hybridized carbons (Fsp3) is 0.667. The van der Waals surface area contributed by atoms with Crippen molar-refractivity contribution in [1.82, 2.24) is 4.90 Å². The summed E-state index contributed by atoms with van der Waals surface area (Å²) in [6.07, 6.45) is 0.534. The van der Waals surface area contributed by atoms with Gasteiger partial charge in [0.1, 0.15) is 0 Å². The smallest absolute Gasteiger partial charge is 0.0678 e. The summed E-state index contributed by atoms with van der Waals surface area (Å²) in [7, 11) is 0. The summed E-state index contributed by atoms with van der Waals surface area (Å²) in [5.41, 5.74) is 5.92. The standard InChI is InChI=1S/C12H19ClN2OS/c1-8-5-15(6-9(2)16-8)11(4-14)12-3-10(13)7-17-12/h3,7-9,11H,4-6,14H2,1-2H3. The Bertz CT molecular complexity index is 361. The van der Waals surface area contributed by atoms with E-state index in [2.05, 4.69) is 18.7 Å². The summed E-state index contributed by atoms with van der Waals surface area (Å²) in [6.45, 7) is 6.70. The molecule has 0 amide bonds. The first-order chi connectivity index (χ1) is 8.10. The van der Waals surface area contributed by atoms with E-state index < -0.39 is 0 Å². The van der Waals surface area contributed by atoms with Gasteiger partial charge in [-0.1, -0.05) is 11.6 Å². The van der Waals surface area contributed by atoms with Gasteiger partial charge < -0.3 is 10.5 Å². The lowest BCUT2D eigenvalue weighted by Crippen LogP contribution is -2.48. The van der Waals surface area contributed by atoms with Gasteiger partial charge in [-0.05, 0) is 19.9 Å². The predicted molar refractivity (Wildman–Crippen MR) is 72.7 cm³/mol. The maximum Gasteiger partial charge on any atom is 0.0678 e. The molecular formula is C12H19ClN2OS. The van der Waals surface area contributed by atoms with Crippen LogP contribution in [-0.4, -0.2) is 36.7 Å². The van der Waals surface area contributed by atoms with Gasteiger partial charge >= 0.3 is 0 Å². The molecule has 2 N–H and O–H groups in total. The number of hydrogen-bond donors (Lipinski definition) is 1. The average molecular weight is 275 g/mol. The maximum absolute atomic E-state index is 5.98. The summed E-state index contributed by atoms with van der Waals surface area (Å²) < 4.78 is 5.75. The molecule has 3 nitrogen and oxygen atoms in total. The molecule has 17 heavy (non-hydrogen) atoms. The quantitative estimate of drug-likeness (QED) is 0.920. The van der Waals surface area contributed by atoms with Crippen molar-refractivity contribution in [2.24, 2.45) is 5.73 Å². The number of hydrogen-bond acceptors (Lipinski definition) is 4. The molecule has 0 saturated carbocycles. The number of nitrogens with zero attached hydrogens (tertiary/aromatic N) is 1. The second kappa shape index (κ2) is 5.67. The number of nitrogens with two attached hydrogens (primary N) is 1. The molecule has 1 fully saturated rings. The molecule has 1 saturated heterocycles. The Morgan fingerprint density at radius 2 is 2.18 bits per heavy atom. The van der Waals surface area contributed by atoms with E-state index in [0.29, 0.717) is 6.54 Å². The van der Waals surface area contributed by atoms with Crippen molar-refractivity contribution >= 4 is 22.9 Å². The Kier molecular flexibility index (Phi) is 4.44. The third-order valence-corrected chi connectivity index (χ3v) is 4.41. The first-order valence-electron chi connectivity index (χ1n) is 5.93. The van der Waals surface area contributed by atoms with Crippen molar-refractivity contribution in [3.63, 3.8) is 0 Å². The molecule has 0 aromatic carbocycles. The van der Waals surface area contributed by atoms with E-state index in [0.717, 1.165) is 18.1 Å². The van der Waals surface area contributed by atoms with E-state index in [4.69, 9.17) is 22.1 Å². The molecule has 3 atom stereocenters. The molecule has 5 heteroatoms. The van der Waals surface area contributed by atoms with Gasteiger partial charge in [0.25, 0.3) is 0 Å². The normalized spacial score (nSPS) is 28.2. The van der Waals surface area contributed by atoms with Gasteiger partial charge in [-0.15, -0.1) is 11.3 Å². The third-order valence-electron chi connectivity index (χ3n) is 3.03. The van der Waals surface area contributed by atoms with Gasteiger partial charge in [0.2, 0.25) is 0 Å². The van der Waals surface area contributed by atoms with Crippen molar-refractivity contribution in [3.05, 3.63) is 21.3 Å². The fourth-order valence-electron chi connectivity index (χ4n) is 2.42. The lowest BCUT2D eigenvalue weighted by Gasteiger charge is -2.39. The van der Waals surface area contributed by atoms with Crippen LogP contribution >= 0.6 is 22.9 Å². The van der Waals surface area contributed by atoms with Gasteiger partial charge in [0, 0.05) is 29.9 Å². The topological polar surface area (TPSA) is 38.5 Å². The van der Waals surface area contributed by atoms with E-state index in [1.807, 2.05) is 11.4 Å². The summed E-state index contributed by atoms with van der Waals surface area (Å²) in [5, 5.41) is 2.77. The van der Waals surface area contributed by atoms with Crippen LogP contribution in [0.4, 0.5) is 0 Å². The van der Waals surface area contributed by atoms with Gasteiger partial charge in [0.05, 0.1) is 23.3 Å². The van der Waals surface area contributed by atoms with Crippen molar-refractivity contribution in [1.29, 1.82) is 0 Å². The highest BCUT2D eigenvalue weighted by Crippen LogP contribution is 2.30. The molecule has 1 aromatic heterocycles. The van der Waals surface area contributed by atoms with Gasteiger partial charge in [-0.25, -0.2) is 0 Å². The zero-order chi connectivity index (χ0) is 12.4. The highest BCUT2D eigenvalue weighted by Gasteiger charge is 2.28. The van der Waals surface area contributed by atoms with Crippen molar-refractivity contribution in [2.45, 2.75) is 32.1 Å². The van der Waals surface area contributed by atoms with Crippen LogP contribution in [0.2, 0.25) is 5.02 Å². The van der Waals surface area contributed by atoms with Gasteiger partial charge in [0.15, 0.2) is 0 Å². The van der Waals surface area contributed by atoms with Gasteiger partial charge in [-0.3, -0.25) is 4.90 Å². The largest absolute Gasteiger partial charge is 0.373 e. The predicted octanol–water partition coefficient (Wildman–Crippen LogP) is 2.51. The maximum atomic E-state index is 5.98. The Balaban J connectivity index is 2.12. The molecule has 3 unspecified atom stereocenters. The molecule has 1 aliphatic heterocycles. The van der Waals surface area contributed by atoms with Crippen molar-refractivity contribution < 1.29 is 4.74 Å². The lowest BCUT2D eigenvalue weighted by molar-refractivity contribution is -0.0795. The Hall–Kier alpha value is -0.130. The van der Waals surface area contributed by atoms with E-state index in [-0.39, 0.29) is 18.2 Å². The first kappa shape index (κ1) is 13.3. The molecule has 2 heterocycles. The van der Waals surface area contributed by atoms with Crippen LogP contribution in [0.25, 0.3) is 0 Å². The minimum atomic E-state index is 0.265. The Morgan fingerprint density at radius 3 is 2.65 bits per heavy atom. The zero-order valence-corrected chi connectivity index (χ0v) is 11.8. The molecule has 1 aliphatic rings. The zero-order valence-electron chi connectivity index (χ0n) is 10.2. The number of ether oxygens (including phenoxy) is 1. The monoisotopic (exact) mass is 274 g/mol. The summed E-state index contributed by atoms with van der Waals surface area (Å²) in [4.78, 5) is 3.65. The summed E-state index contributed by atoms with van der Waals surface area (Å²) in [6, 6.07) is 2.29.